The Morgan fingerprint density at radius 1 is 1.21 bits per heavy atom. The summed E-state index contributed by atoms with van der Waals surface area (Å²) in [5, 5.41) is 3.34. The summed E-state index contributed by atoms with van der Waals surface area (Å²) in [5.74, 6) is 0.836. The van der Waals surface area contributed by atoms with Crippen molar-refractivity contribution in [3.05, 3.63) is 41.5 Å². The minimum atomic E-state index is 0.784. The lowest BCUT2D eigenvalue weighted by molar-refractivity contribution is 0.199. The van der Waals surface area contributed by atoms with E-state index in [1.807, 2.05) is 0 Å². The van der Waals surface area contributed by atoms with E-state index in [4.69, 9.17) is 4.74 Å². The molecule has 1 N–H and O–H groups in total. The van der Waals surface area contributed by atoms with Crippen LogP contribution in [0.1, 0.15) is 42.7 Å². The highest BCUT2D eigenvalue weighted by Gasteiger charge is 2.18. The monoisotopic (exact) mass is 259 g/mol. The molecule has 0 aromatic heterocycles. The lowest BCUT2D eigenvalue weighted by Crippen LogP contribution is -2.19. The Bertz CT molecular complexity index is 379. The third kappa shape index (κ3) is 4.81. The highest BCUT2D eigenvalue weighted by atomic mass is 16.5. The Hall–Kier alpha value is -1.12. The predicted octanol–water partition coefficient (Wildman–Crippen LogP) is 3.59. The number of rotatable bonds is 8. The van der Waals surface area contributed by atoms with E-state index in [1.165, 1.54) is 30.4 Å². The van der Waals surface area contributed by atoms with Crippen LogP contribution in [-0.4, -0.2) is 26.8 Å². The first-order valence-corrected chi connectivity index (χ1v) is 7.36. The van der Waals surface area contributed by atoms with Gasteiger partial charge in [-0.25, -0.2) is 0 Å². The van der Waals surface area contributed by atoms with Crippen LogP contribution in [0, 0.1) is 0 Å². The molecule has 2 nitrogen and oxygen atoms in total. The molecule has 0 unspecified atom stereocenters. The third-order valence-electron chi connectivity index (χ3n) is 3.79. The Kier molecular flexibility index (Phi) is 6.12. The number of methoxy groups -OCH3 is 1. The molecule has 0 spiro atoms. The average Bonchev–Trinajstić information content (AvgIpc) is 2.38. The van der Waals surface area contributed by atoms with Gasteiger partial charge in [0.15, 0.2) is 0 Å². The summed E-state index contributed by atoms with van der Waals surface area (Å²) in [6.45, 7) is 2.73. The zero-order valence-electron chi connectivity index (χ0n) is 11.9. The van der Waals surface area contributed by atoms with Crippen LogP contribution in [0.4, 0.5) is 0 Å². The summed E-state index contributed by atoms with van der Waals surface area (Å²) >= 11 is 0. The second kappa shape index (κ2) is 8.13. The van der Waals surface area contributed by atoms with Gasteiger partial charge in [0.25, 0.3) is 0 Å². The maximum absolute atomic E-state index is 4.98. The van der Waals surface area contributed by atoms with Gasteiger partial charge in [-0.05, 0) is 42.9 Å². The lowest BCUT2D eigenvalue weighted by Gasteiger charge is -2.25. The van der Waals surface area contributed by atoms with Gasteiger partial charge >= 0.3 is 0 Å². The van der Waals surface area contributed by atoms with Crippen molar-refractivity contribution < 1.29 is 4.74 Å². The Balaban J connectivity index is 1.67. The van der Waals surface area contributed by atoms with Gasteiger partial charge in [-0.3, -0.25) is 0 Å². The largest absolute Gasteiger partial charge is 0.383 e. The van der Waals surface area contributed by atoms with Crippen molar-refractivity contribution in [1.82, 2.24) is 5.32 Å². The first-order chi connectivity index (χ1) is 9.40. The van der Waals surface area contributed by atoms with E-state index in [1.54, 1.807) is 7.11 Å². The quantitative estimate of drug-likeness (QED) is 0.720. The fourth-order valence-corrected chi connectivity index (χ4v) is 2.32. The van der Waals surface area contributed by atoms with E-state index in [9.17, 15) is 0 Å². The number of hydrogen-bond donors (Lipinski definition) is 1. The van der Waals surface area contributed by atoms with Crippen molar-refractivity contribution in [2.75, 3.05) is 26.8 Å². The molecule has 1 saturated carbocycles. The molecule has 19 heavy (non-hydrogen) atoms. The van der Waals surface area contributed by atoms with Crippen LogP contribution in [0.5, 0.6) is 0 Å². The van der Waals surface area contributed by atoms with Crippen molar-refractivity contribution in [1.29, 1.82) is 0 Å². The molecule has 1 aromatic rings. The third-order valence-corrected chi connectivity index (χ3v) is 3.79. The van der Waals surface area contributed by atoms with Gasteiger partial charge in [-0.15, -0.1) is 0 Å². The number of hydrogen-bond acceptors (Lipinski definition) is 2. The highest BCUT2D eigenvalue weighted by Crippen LogP contribution is 2.36. The van der Waals surface area contributed by atoms with Gasteiger partial charge < -0.3 is 10.1 Å². The van der Waals surface area contributed by atoms with Crippen molar-refractivity contribution in [2.45, 2.75) is 31.6 Å². The Morgan fingerprint density at radius 2 is 2.00 bits per heavy atom. The molecule has 1 fully saturated rings. The van der Waals surface area contributed by atoms with Gasteiger partial charge in [0.05, 0.1) is 6.61 Å². The SMILES string of the molecule is COCCNCC/C=C/c1ccc(C2CCC2)cc1. The fraction of sp³-hybridized carbons (Fsp3) is 0.529. The minimum absolute atomic E-state index is 0.784. The van der Waals surface area contributed by atoms with Gasteiger partial charge in [0.1, 0.15) is 0 Å². The second-order valence-electron chi connectivity index (χ2n) is 5.23. The van der Waals surface area contributed by atoms with Crippen LogP contribution < -0.4 is 5.32 Å². The van der Waals surface area contributed by atoms with E-state index in [-0.39, 0.29) is 0 Å². The standard InChI is InChI=1S/C17H25NO/c1-19-14-13-18-12-3-2-5-15-8-10-17(11-9-15)16-6-4-7-16/h2,5,8-11,16,18H,3-4,6-7,12-14H2,1H3/b5-2+. The van der Waals surface area contributed by atoms with Crippen LogP contribution in [-0.2, 0) is 4.74 Å². The van der Waals surface area contributed by atoms with E-state index in [0.717, 1.165) is 32.0 Å². The second-order valence-corrected chi connectivity index (χ2v) is 5.23. The summed E-state index contributed by atoms with van der Waals surface area (Å²) in [6.07, 6.45) is 9.67. The molecule has 0 atom stereocenters. The average molecular weight is 259 g/mol. The summed E-state index contributed by atoms with van der Waals surface area (Å²) in [4.78, 5) is 0. The number of ether oxygens (including phenoxy) is 1. The molecule has 0 amide bonds. The van der Waals surface area contributed by atoms with E-state index >= 15 is 0 Å². The molecule has 2 rings (SSSR count). The Morgan fingerprint density at radius 3 is 2.63 bits per heavy atom. The molecular weight excluding hydrogens is 234 g/mol. The topological polar surface area (TPSA) is 21.3 Å². The maximum atomic E-state index is 4.98. The van der Waals surface area contributed by atoms with Crippen LogP contribution in [0.3, 0.4) is 0 Å². The van der Waals surface area contributed by atoms with Crippen LogP contribution in [0.2, 0.25) is 0 Å². The molecule has 1 aliphatic carbocycles. The van der Waals surface area contributed by atoms with Gasteiger partial charge in [-0.2, -0.15) is 0 Å². The molecule has 0 saturated heterocycles. The minimum Gasteiger partial charge on any atom is -0.383 e. The van der Waals surface area contributed by atoms with Crippen molar-refractivity contribution in [3.8, 4) is 0 Å². The van der Waals surface area contributed by atoms with E-state index in [0.29, 0.717) is 0 Å². The maximum Gasteiger partial charge on any atom is 0.0587 e. The molecule has 0 heterocycles. The molecule has 0 bridgehead atoms. The summed E-state index contributed by atoms with van der Waals surface area (Å²) in [5.41, 5.74) is 2.82. The first kappa shape index (κ1) is 14.3. The smallest absolute Gasteiger partial charge is 0.0587 e. The number of nitrogens with one attached hydrogen (secondary N) is 1. The molecule has 0 radical (unpaired) electrons. The van der Waals surface area contributed by atoms with Crippen LogP contribution in [0.15, 0.2) is 30.3 Å². The molecule has 2 heteroatoms. The normalized spacial score (nSPS) is 15.8. The molecule has 0 aliphatic heterocycles. The lowest BCUT2D eigenvalue weighted by atomic mass is 9.80. The van der Waals surface area contributed by atoms with E-state index in [2.05, 4.69) is 41.7 Å². The summed E-state index contributed by atoms with van der Waals surface area (Å²) in [7, 11) is 1.73. The molecular formula is C17H25NO. The zero-order valence-corrected chi connectivity index (χ0v) is 11.9. The predicted molar refractivity (Wildman–Crippen MR) is 81.4 cm³/mol. The number of benzene rings is 1. The molecule has 104 valence electrons. The van der Waals surface area contributed by atoms with Crippen LogP contribution in [0.25, 0.3) is 6.08 Å². The van der Waals surface area contributed by atoms with Gasteiger partial charge in [0, 0.05) is 13.7 Å². The van der Waals surface area contributed by atoms with E-state index < -0.39 is 0 Å². The molecule has 1 aliphatic rings. The van der Waals surface area contributed by atoms with Crippen molar-refractivity contribution >= 4 is 6.08 Å². The Labute approximate surface area is 116 Å². The fourth-order valence-electron chi connectivity index (χ4n) is 2.32. The van der Waals surface area contributed by atoms with Gasteiger partial charge in [-0.1, -0.05) is 42.8 Å². The summed E-state index contributed by atoms with van der Waals surface area (Å²) < 4.78 is 4.98. The van der Waals surface area contributed by atoms with Crippen molar-refractivity contribution in [3.63, 3.8) is 0 Å². The highest BCUT2D eigenvalue weighted by molar-refractivity contribution is 5.50. The summed E-state index contributed by atoms with van der Waals surface area (Å²) in [6, 6.07) is 9.06. The zero-order chi connectivity index (χ0) is 13.3. The first-order valence-electron chi connectivity index (χ1n) is 7.36. The van der Waals surface area contributed by atoms with Crippen molar-refractivity contribution in [2.24, 2.45) is 0 Å². The van der Waals surface area contributed by atoms with Gasteiger partial charge in [0.2, 0.25) is 0 Å². The van der Waals surface area contributed by atoms with Crippen LogP contribution >= 0.6 is 0 Å². The molecule has 1 aromatic carbocycles.